The van der Waals surface area contributed by atoms with Crippen LogP contribution < -0.4 is 0 Å². The Morgan fingerprint density at radius 2 is 1.42 bits per heavy atom. The highest BCUT2D eigenvalue weighted by Crippen LogP contribution is 1.89. The molecule has 0 aliphatic carbocycles. The second kappa shape index (κ2) is 15.6. The van der Waals surface area contributed by atoms with Gasteiger partial charge >= 0.3 is 17.9 Å². The molecule has 0 fully saturated rings. The van der Waals surface area contributed by atoms with E-state index in [0.717, 1.165) is 12.2 Å². The molecule has 0 unspecified atom stereocenters. The van der Waals surface area contributed by atoms with Crippen molar-refractivity contribution in [2.24, 2.45) is 0 Å². The van der Waals surface area contributed by atoms with Gasteiger partial charge in [-0.2, -0.15) is 0 Å². The van der Waals surface area contributed by atoms with Crippen LogP contribution in [0.5, 0.6) is 0 Å². The minimum atomic E-state index is -0.981. The van der Waals surface area contributed by atoms with Crippen LogP contribution in [0.1, 0.15) is 6.92 Å². The van der Waals surface area contributed by atoms with Gasteiger partial charge in [-0.25, -0.2) is 14.4 Å². The van der Waals surface area contributed by atoms with Crippen molar-refractivity contribution in [3.63, 3.8) is 0 Å². The Hall–Kier alpha value is -2.41. The molecule has 0 aliphatic rings. The molecule has 19 heavy (non-hydrogen) atoms. The molecule has 108 valence electrons. The summed E-state index contributed by atoms with van der Waals surface area (Å²) in [5.74, 6) is -2.42. The molecule has 0 saturated heterocycles. The molecule has 0 atom stereocenters. The van der Waals surface area contributed by atoms with Gasteiger partial charge < -0.3 is 20.1 Å². The third-order valence-electron chi connectivity index (χ3n) is 1.02. The lowest BCUT2D eigenvalue weighted by Gasteiger charge is -1.99. The number of rotatable bonds is 5. The molecule has 0 radical (unpaired) electrons. The zero-order chi connectivity index (χ0) is 15.8. The van der Waals surface area contributed by atoms with Crippen molar-refractivity contribution in [1.29, 1.82) is 0 Å². The predicted molar refractivity (Wildman–Crippen MR) is 68.5 cm³/mol. The van der Waals surface area contributed by atoms with Crippen LogP contribution >= 0.6 is 0 Å². The lowest BCUT2D eigenvalue weighted by atomic mass is 10.4. The number of carbonyl (C=O) groups is 3. The van der Waals surface area contributed by atoms with Crippen LogP contribution in [0.2, 0.25) is 0 Å². The van der Waals surface area contributed by atoms with Crippen LogP contribution in [0.15, 0.2) is 37.5 Å². The Morgan fingerprint density at radius 1 is 1.11 bits per heavy atom. The monoisotopic (exact) mass is 274 g/mol. The Balaban J connectivity index is -0.000000219. The Kier molecular flexibility index (Phi) is 17.9. The molecule has 0 aromatic rings. The van der Waals surface area contributed by atoms with Crippen molar-refractivity contribution in [3.8, 4) is 0 Å². The molecule has 7 nitrogen and oxygen atoms in total. The second-order valence-corrected chi connectivity index (χ2v) is 2.72. The zero-order valence-corrected chi connectivity index (χ0v) is 10.7. The van der Waals surface area contributed by atoms with E-state index >= 15 is 0 Å². The van der Waals surface area contributed by atoms with Crippen molar-refractivity contribution < 1.29 is 34.4 Å². The van der Waals surface area contributed by atoms with Crippen LogP contribution in [-0.4, -0.2) is 46.4 Å². The van der Waals surface area contributed by atoms with E-state index in [4.69, 9.17) is 15.3 Å². The molecule has 0 aromatic heterocycles. The smallest absolute Gasteiger partial charge is 0.333 e. The molecule has 0 heterocycles. The van der Waals surface area contributed by atoms with E-state index in [1.54, 1.807) is 6.92 Å². The van der Waals surface area contributed by atoms with Gasteiger partial charge in [-0.1, -0.05) is 19.7 Å². The molecule has 0 rings (SSSR count). The summed E-state index contributed by atoms with van der Waals surface area (Å²) in [4.78, 5) is 29.0. The first kappa shape index (κ1) is 21.8. The molecule has 0 aliphatic heterocycles. The maximum Gasteiger partial charge on any atom is 0.333 e. The van der Waals surface area contributed by atoms with E-state index in [9.17, 15) is 14.4 Å². The molecular weight excluding hydrogens is 256 g/mol. The minimum absolute atomic E-state index is 0.0473. The average Bonchev–Trinajstić information content (AvgIpc) is 2.36. The minimum Gasteiger partial charge on any atom is -0.478 e. The topological polar surface area (TPSA) is 121 Å². The zero-order valence-electron chi connectivity index (χ0n) is 10.7. The standard InChI is InChI=1S/C6H10O3.2C3H4O2/c1-5(2)6(8)9-4-3-7;2*1-2-3(4)5/h7H,1,3-4H2,2H3;2*2H,1H2,(H,4,5). The first-order valence-electron chi connectivity index (χ1n) is 4.87. The van der Waals surface area contributed by atoms with Crippen LogP contribution in [-0.2, 0) is 19.1 Å². The fraction of sp³-hybridized carbons (Fsp3) is 0.250. The largest absolute Gasteiger partial charge is 0.478 e. The highest BCUT2D eigenvalue weighted by atomic mass is 16.5. The van der Waals surface area contributed by atoms with Gasteiger partial charge in [0.15, 0.2) is 0 Å². The predicted octanol–water partition coefficient (Wildman–Crippen LogP) is 0.612. The van der Waals surface area contributed by atoms with Crippen molar-refractivity contribution in [2.45, 2.75) is 6.92 Å². The van der Waals surface area contributed by atoms with Gasteiger partial charge in [-0.15, -0.1) is 0 Å². The van der Waals surface area contributed by atoms with E-state index < -0.39 is 17.9 Å². The van der Waals surface area contributed by atoms with Gasteiger partial charge in [-0.3, -0.25) is 0 Å². The number of carbonyl (C=O) groups excluding carboxylic acids is 1. The van der Waals surface area contributed by atoms with Gasteiger partial charge in [0.2, 0.25) is 0 Å². The van der Waals surface area contributed by atoms with E-state index in [1.807, 2.05) is 0 Å². The molecule has 0 aromatic carbocycles. The summed E-state index contributed by atoms with van der Waals surface area (Å²) in [6.45, 7) is 10.7. The first-order valence-corrected chi connectivity index (χ1v) is 4.87. The maximum atomic E-state index is 10.5. The number of aliphatic hydroxyl groups excluding tert-OH is 1. The SMILES string of the molecule is C=C(C)C(=O)OCCO.C=CC(=O)O.C=CC(=O)O. The normalized spacial score (nSPS) is 7.47. The third kappa shape index (κ3) is 31.3. The van der Waals surface area contributed by atoms with Crippen molar-refractivity contribution >= 4 is 17.9 Å². The summed E-state index contributed by atoms with van der Waals surface area (Å²) in [6, 6.07) is 0. The van der Waals surface area contributed by atoms with Gasteiger partial charge in [0.05, 0.1) is 6.61 Å². The molecule has 7 heteroatoms. The van der Waals surface area contributed by atoms with Gasteiger partial charge in [0.25, 0.3) is 0 Å². The van der Waals surface area contributed by atoms with Crippen LogP contribution in [0.3, 0.4) is 0 Å². The van der Waals surface area contributed by atoms with Crippen molar-refractivity contribution in [1.82, 2.24) is 0 Å². The summed E-state index contributed by atoms with van der Waals surface area (Å²) >= 11 is 0. The number of esters is 1. The summed E-state index contributed by atoms with van der Waals surface area (Å²) < 4.78 is 4.46. The molecule has 0 saturated carbocycles. The highest BCUT2D eigenvalue weighted by Gasteiger charge is 1.99. The molecular formula is C12H18O7. The average molecular weight is 274 g/mol. The summed E-state index contributed by atoms with van der Waals surface area (Å²) in [5, 5.41) is 23.4. The number of hydrogen-bond donors (Lipinski definition) is 3. The number of aliphatic hydroxyl groups is 1. The first-order chi connectivity index (χ1) is 8.72. The maximum absolute atomic E-state index is 10.5. The number of aliphatic carboxylic acids is 2. The van der Waals surface area contributed by atoms with Gasteiger partial charge in [-0.05, 0) is 6.92 Å². The lowest BCUT2D eigenvalue weighted by Crippen LogP contribution is -2.08. The van der Waals surface area contributed by atoms with Crippen molar-refractivity contribution in [2.75, 3.05) is 13.2 Å². The number of hydrogen-bond acceptors (Lipinski definition) is 5. The molecule has 0 bridgehead atoms. The molecule has 0 spiro atoms. The van der Waals surface area contributed by atoms with Crippen LogP contribution in [0.25, 0.3) is 0 Å². The lowest BCUT2D eigenvalue weighted by molar-refractivity contribution is -0.140. The summed E-state index contributed by atoms with van der Waals surface area (Å²) in [5.41, 5.74) is 0.350. The highest BCUT2D eigenvalue weighted by molar-refractivity contribution is 5.86. The van der Waals surface area contributed by atoms with E-state index in [0.29, 0.717) is 5.57 Å². The summed E-state index contributed by atoms with van der Waals surface area (Å²) in [6.07, 6.45) is 1.67. The van der Waals surface area contributed by atoms with Gasteiger partial charge in [0.1, 0.15) is 6.61 Å². The number of carboxylic acid groups (broad SMARTS) is 2. The Bertz CT molecular complexity index is 313. The Labute approximate surface area is 111 Å². The van der Waals surface area contributed by atoms with Crippen LogP contribution in [0, 0.1) is 0 Å². The van der Waals surface area contributed by atoms with Gasteiger partial charge in [0, 0.05) is 17.7 Å². The number of ether oxygens (including phenoxy) is 1. The molecule has 3 N–H and O–H groups in total. The number of carboxylic acids is 2. The van der Waals surface area contributed by atoms with E-state index in [1.165, 1.54) is 0 Å². The quantitative estimate of drug-likeness (QED) is 0.496. The molecule has 0 amide bonds. The fourth-order valence-corrected chi connectivity index (χ4v) is 0.262. The third-order valence-corrected chi connectivity index (χ3v) is 1.02. The summed E-state index contributed by atoms with van der Waals surface area (Å²) in [7, 11) is 0. The second-order valence-electron chi connectivity index (χ2n) is 2.72. The van der Waals surface area contributed by atoms with E-state index in [2.05, 4.69) is 24.5 Å². The van der Waals surface area contributed by atoms with E-state index in [-0.39, 0.29) is 13.2 Å². The fourth-order valence-electron chi connectivity index (χ4n) is 0.262. The van der Waals surface area contributed by atoms with Crippen molar-refractivity contribution in [3.05, 3.63) is 37.5 Å². The Morgan fingerprint density at radius 3 is 1.58 bits per heavy atom. The van der Waals surface area contributed by atoms with Crippen LogP contribution in [0.4, 0.5) is 0 Å².